The standard InChI is InChI=1S/C53H95N7O19/c1-39(61)40(54-2)19-17-18-28-55-48(66)37-78-35-34-77-32-30-57-49(67)38-79-36-33-76-31-29-56-44(62)25-22-41(51(70)71)59-46(64)27-24-43(53(74)75)60-47(65)26-23-42(52(72)73)58-45(63)20-15-13-11-9-7-5-3-4-6-8-10-12-14-16-21-50(68)69/h40-43,53-54,74-75H,3-38H2,1-2H3,(H,55,66)(H,56,62)(H,57,67)(H,58,63)(H,59,64)(H,60,65)(H,68,69)(H,70,71)(H,72,73)/t40-,41-,42-,43-/m0/s1. The number of aliphatic carboxylic acids is 3. The lowest BCUT2D eigenvalue weighted by Gasteiger charge is -2.21. The first-order valence-electron chi connectivity index (χ1n) is 28.1. The summed E-state index contributed by atoms with van der Waals surface area (Å²) in [6.07, 6.45) is 12.7. The first-order chi connectivity index (χ1) is 37.9. The molecule has 26 nitrogen and oxygen atoms in total. The lowest BCUT2D eigenvalue weighted by atomic mass is 10.0. The average Bonchev–Trinajstić information content (AvgIpc) is 3.39. The maximum atomic E-state index is 12.7. The third-order valence-electron chi connectivity index (χ3n) is 12.4. The van der Waals surface area contributed by atoms with Gasteiger partial charge in [0, 0.05) is 51.7 Å². The van der Waals surface area contributed by atoms with Crippen LogP contribution in [-0.2, 0) is 66.9 Å². The van der Waals surface area contributed by atoms with E-state index in [9.17, 15) is 68.4 Å². The SMILES string of the molecule is CN[C@@H](CCCCNC(=O)COCCOCCNC(=O)COCCOCCNC(=O)CC[C@H](NC(=O)CC[C@H](NC(=O)CC[C@H](NC(=O)CCCCCCCCCCCCCCCCC(=O)O)C(=O)O)C(O)O)C(=O)O)C(C)=O. The molecule has 0 fully saturated rings. The molecule has 0 spiro atoms. The molecule has 0 aromatic carbocycles. The van der Waals surface area contributed by atoms with E-state index >= 15 is 0 Å². The molecule has 0 unspecified atom stereocenters. The summed E-state index contributed by atoms with van der Waals surface area (Å²) < 4.78 is 21.3. The predicted octanol–water partition coefficient (Wildman–Crippen LogP) is 1.35. The van der Waals surface area contributed by atoms with Crippen molar-refractivity contribution < 1.29 is 92.4 Å². The molecule has 0 aromatic heterocycles. The van der Waals surface area contributed by atoms with Crippen LogP contribution in [0.4, 0.5) is 0 Å². The van der Waals surface area contributed by atoms with E-state index in [1.807, 2.05) is 0 Å². The van der Waals surface area contributed by atoms with Crippen LogP contribution in [0.1, 0.15) is 167 Å². The van der Waals surface area contributed by atoms with Gasteiger partial charge in [0.1, 0.15) is 31.1 Å². The zero-order chi connectivity index (χ0) is 58.9. The third-order valence-corrected chi connectivity index (χ3v) is 12.4. The minimum absolute atomic E-state index is 0.0811. The molecule has 0 aromatic rings. The summed E-state index contributed by atoms with van der Waals surface area (Å²) in [5, 5.41) is 65.5. The molecule has 0 bridgehead atoms. The highest BCUT2D eigenvalue weighted by atomic mass is 16.5. The Morgan fingerprint density at radius 1 is 0.380 bits per heavy atom. The van der Waals surface area contributed by atoms with E-state index in [1.165, 1.54) is 25.7 Å². The summed E-state index contributed by atoms with van der Waals surface area (Å²) in [6.45, 7) is 2.94. The summed E-state index contributed by atoms with van der Waals surface area (Å²) in [4.78, 5) is 120. The van der Waals surface area contributed by atoms with E-state index in [0.717, 1.165) is 70.6 Å². The average molecular weight is 1130 g/mol. The molecule has 12 N–H and O–H groups in total. The van der Waals surface area contributed by atoms with Crippen LogP contribution in [0.2, 0.25) is 0 Å². The van der Waals surface area contributed by atoms with E-state index in [1.54, 1.807) is 14.0 Å². The number of amides is 6. The number of carboxylic acid groups (broad SMARTS) is 3. The molecule has 0 aliphatic heterocycles. The Balaban J connectivity index is 4.15. The van der Waals surface area contributed by atoms with Crippen molar-refractivity contribution in [1.82, 2.24) is 37.2 Å². The summed E-state index contributed by atoms with van der Waals surface area (Å²) in [7, 11) is 1.74. The second-order valence-corrected chi connectivity index (χ2v) is 19.3. The van der Waals surface area contributed by atoms with Crippen molar-refractivity contribution in [1.29, 1.82) is 0 Å². The van der Waals surface area contributed by atoms with Gasteiger partial charge in [-0.05, 0) is 65.3 Å². The Morgan fingerprint density at radius 2 is 0.772 bits per heavy atom. The molecule has 79 heavy (non-hydrogen) atoms. The van der Waals surface area contributed by atoms with Crippen LogP contribution in [0.25, 0.3) is 0 Å². The number of carbonyl (C=O) groups excluding carboxylic acids is 7. The number of carboxylic acids is 3. The van der Waals surface area contributed by atoms with Crippen LogP contribution in [0.15, 0.2) is 0 Å². The van der Waals surface area contributed by atoms with Crippen LogP contribution in [0.5, 0.6) is 0 Å². The van der Waals surface area contributed by atoms with Crippen LogP contribution in [-0.4, -0.2) is 195 Å². The fraction of sp³-hybridized carbons (Fsp3) is 0.811. The van der Waals surface area contributed by atoms with Gasteiger partial charge in [-0.1, -0.05) is 77.0 Å². The topological polar surface area (TPSA) is 393 Å². The molecule has 0 aliphatic rings. The summed E-state index contributed by atoms with van der Waals surface area (Å²) in [5.41, 5.74) is 0. The molecule has 0 saturated heterocycles. The lowest BCUT2D eigenvalue weighted by Crippen LogP contribution is -2.46. The quantitative estimate of drug-likeness (QED) is 0.0302. The van der Waals surface area contributed by atoms with Gasteiger partial charge in [0.05, 0.1) is 51.7 Å². The monoisotopic (exact) mass is 1130 g/mol. The number of ketones is 1. The van der Waals surface area contributed by atoms with E-state index in [-0.39, 0.29) is 128 Å². The van der Waals surface area contributed by atoms with Gasteiger partial charge in [-0.25, -0.2) is 9.59 Å². The Bertz CT molecular complexity index is 1740. The molecule has 26 heteroatoms. The van der Waals surface area contributed by atoms with Gasteiger partial charge in [-0.3, -0.25) is 38.4 Å². The number of hydrogen-bond donors (Lipinski definition) is 12. The number of rotatable bonds is 55. The minimum Gasteiger partial charge on any atom is -0.481 e. The summed E-state index contributed by atoms with van der Waals surface area (Å²) in [5.74, 6) is -6.60. The van der Waals surface area contributed by atoms with Gasteiger partial charge in [0.25, 0.3) is 0 Å². The van der Waals surface area contributed by atoms with Gasteiger partial charge >= 0.3 is 17.9 Å². The highest BCUT2D eigenvalue weighted by Gasteiger charge is 2.26. The lowest BCUT2D eigenvalue weighted by molar-refractivity contribution is -0.142. The largest absolute Gasteiger partial charge is 0.481 e. The number of nitrogens with one attached hydrogen (secondary N) is 7. The van der Waals surface area contributed by atoms with Gasteiger partial charge in [-0.2, -0.15) is 0 Å². The van der Waals surface area contributed by atoms with Crippen LogP contribution in [0.3, 0.4) is 0 Å². The molecular weight excluding hydrogens is 1040 g/mol. The molecule has 0 radical (unpaired) electrons. The van der Waals surface area contributed by atoms with Crippen molar-refractivity contribution >= 4 is 59.1 Å². The number of unbranched alkanes of at least 4 members (excludes halogenated alkanes) is 14. The van der Waals surface area contributed by atoms with Gasteiger partial charge < -0.3 is 81.7 Å². The smallest absolute Gasteiger partial charge is 0.326 e. The van der Waals surface area contributed by atoms with Crippen molar-refractivity contribution in [2.45, 2.75) is 198 Å². The van der Waals surface area contributed by atoms with E-state index in [0.29, 0.717) is 19.4 Å². The van der Waals surface area contributed by atoms with Crippen LogP contribution in [0, 0.1) is 0 Å². The van der Waals surface area contributed by atoms with Crippen LogP contribution < -0.4 is 37.2 Å². The van der Waals surface area contributed by atoms with E-state index < -0.39 is 78.8 Å². The molecule has 0 heterocycles. The third kappa shape index (κ3) is 46.1. The number of carbonyl (C=O) groups is 10. The first-order valence-corrected chi connectivity index (χ1v) is 28.1. The van der Waals surface area contributed by atoms with Crippen molar-refractivity contribution in [3.63, 3.8) is 0 Å². The van der Waals surface area contributed by atoms with E-state index in [4.69, 9.17) is 24.1 Å². The number of ether oxygens (including phenoxy) is 4. The van der Waals surface area contributed by atoms with Crippen molar-refractivity contribution in [3.05, 3.63) is 0 Å². The van der Waals surface area contributed by atoms with Crippen LogP contribution >= 0.6 is 0 Å². The molecule has 4 atom stereocenters. The van der Waals surface area contributed by atoms with Gasteiger partial charge in [0.2, 0.25) is 35.4 Å². The molecule has 0 aliphatic carbocycles. The Labute approximate surface area is 465 Å². The minimum atomic E-state index is -2.12. The van der Waals surface area contributed by atoms with Crippen molar-refractivity contribution in [3.8, 4) is 0 Å². The second-order valence-electron chi connectivity index (χ2n) is 19.3. The first kappa shape index (κ1) is 73.6. The fourth-order valence-corrected chi connectivity index (χ4v) is 7.88. The predicted molar refractivity (Wildman–Crippen MR) is 288 cm³/mol. The number of likely N-dealkylation sites (N-methyl/N-ethyl adjacent to an activating group) is 1. The van der Waals surface area contributed by atoms with Gasteiger partial charge in [-0.15, -0.1) is 0 Å². The summed E-state index contributed by atoms with van der Waals surface area (Å²) in [6, 6.07) is -4.38. The zero-order valence-electron chi connectivity index (χ0n) is 46.8. The highest BCUT2D eigenvalue weighted by Crippen LogP contribution is 2.14. The molecule has 456 valence electrons. The normalized spacial score (nSPS) is 12.7. The number of aliphatic hydroxyl groups is 2. The maximum Gasteiger partial charge on any atom is 0.326 e. The van der Waals surface area contributed by atoms with Crippen molar-refractivity contribution in [2.24, 2.45) is 0 Å². The Hall–Kier alpha value is -5.38. The molecule has 0 rings (SSSR count). The molecule has 6 amide bonds. The molecular formula is C53H95N7O19. The van der Waals surface area contributed by atoms with Crippen molar-refractivity contribution in [2.75, 3.05) is 79.5 Å². The Kier molecular flexibility index (Phi) is 46.3. The Morgan fingerprint density at radius 3 is 1.22 bits per heavy atom. The highest BCUT2D eigenvalue weighted by molar-refractivity contribution is 5.86. The zero-order valence-corrected chi connectivity index (χ0v) is 46.8. The maximum absolute atomic E-state index is 12.7. The number of aliphatic hydroxyl groups excluding tert-OH is 1. The fourth-order valence-electron chi connectivity index (χ4n) is 7.88. The number of Topliss-reactive ketones (excluding diaryl/α,β-unsaturated/α-hetero) is 1. The second kappa shape index (κ2) is 49.6. The van der Waals surface area contributed by atoms with Gasteiger partial charge in [0.15, 0.2) is 6.29 Å². The number of hydrogen-bond acceptors (Lipinski definition) is 17. The van der Waals surface area contributed by atoms with E-state index in [2.05, 4.69) is 37.2 Å². The molecule has 0 saturated carbocycles. The summed E-state index contributed by atoms with van der Waals surface area (Å²) >= 11 is 0.